The Morgan fingerprint density at radius 3 is 2.81 bits per heavy atom. The fourth-order valence-corrected chi connectivity index (χ4v) is 2.86. The van der Waals surface area contributed by atoms with Crippen molar-refractivity contribution in [2.24, 2.45) is 0 Å². The molecule has 11 heteroatoms. The van der Waals surface area contributed by atoms with Gasteiger partial charge >= 0.3 is 11.7 Å². The minimum absolute atomic E-state index is 0.0246. The molecule has 0 spiro atoms. The number of hydrogen-bond donors (Lipinski definition) is 4. The maximum Gasteiger partial charge on any atom is 0.363 e. The minimum atomic E-state index is -2.43. The molecule has 1 aromatic rings. The van der Waals surface area contributed by atoms with Crippen molar-refractivity contribution in [2.75, 3.05) is 25.2 Å². The fraction of sp³-hybridized carbons (Fsp3) is 0.562. The zero-order chi connectivity index (χ0) is 20.4. The monoisotopic (exact) mass is 401 g/mol. The molecule has 2 heterocycles. The molecule has 1 saturated heterocycles. The van der Waals surface area contributed by atoms with Crippen LogP contribution in [0.25, 0.3) is 6.08 Å². The molecule has 10 nitrogen and oxygen atoms in total. The predicted molar refractivity (Wildman–Crippen MR) is 98.9 cm³/mol. The molecule has 1 fully saturated rings. The largest absolute Gasteiger partial charge is 0.461 e. The van der Waals surface area contributed by atoms with Gasteiger partial charge in [-0.2, -0.15) is 16.7 Å². The molecular weight excluding hydrogens is 378 g/mol. The Morgan fingerprint density at radius 2 is 2.30 bits per heavy atom. The zero-order valence-corrected chi connectivity index (χ0v) is 15.8. The van der Waals surface area contributed by atoms with Crippen LogP contribution in [0, 0.1) is 0 Å². The van der Waals surface area contributed by atoms with E-state index < -0.39 is 42.3 Å². The van der Waals surface area contributed by atoms with Crippen molar-refractivity contribution in [3.8, 4) is 0 Å². The lowest BCUT2D eigenvalue weighted by Gasteiger charge is -2.31. The zero-order valence-electron chi connectivity index (χ0n) is 14.9. The summed E-state index contributed by atoms with van der Waals surface area (Å²) in [5, 5.41) is 30.1. The van der Waals surface area contributed by atoms with Crippen molar-refractivity contribution < 1.29 is 29.6 Å². The number of aromatic nitrogens is 2. The molecule has 1 unspecified atom stereocenters. The maximum atomic E-state index is 12.9. The van der Waals surface area contributed by atoms with Gasteiger partial charge in [0.25, 0.3) is 5.72 Å². The number of thioether (sulfide) groups is 1. The van der Waals surface area contributed by atoms with Crippen molar-refractivity contribution >= 4 is 29.6 Å². The number of esters is 1. The summed E-state index contributed by atoms with van der Waals surface area (Å²) in [6.45, 7) is 4.64. The number of anilines is 1. The topological polar surface area (TPSA) is 157 Å². The third kappa shape index (κ3) is 3.73. The van der Waals surface area contributed by atoms with E-state index in [0.29, 0.717) is 4.57 Å². The average Bonchev–Trinajstić information content (AvgIpc) is 2.91. The van der Waals surface area contributed by atoms with Gasteiger partial charge < -0.3 is 30.5 Å². The van der Waals surface area contributed by atoms with Gasteiger partial charge in [-0.3, -0.25) is 4.57 Å². The van der Waals surface area contributed by atoms with Gasteiger partial charge in [0.1, 0.15) is 30.7 Å². The summed E-state index contributed by atoms with van der Waals surface area (Å²) in [5.74, 6) is -1.23. The van der Waals surface area contributed by atoms with E-state index in [1.54, 1.807) is 0 Å². The molecule has 0 saturated carbocycles. The third-order valence-corrected chi connectivity index (χ3v) is 5.27. The van der Waals surface area contributed by atoms with E-state index >= 15 is 0 Å². The summed E-state index contributed by atoms with van der Waals surface area (Å²) < 4.78 is 11.4. The van der Waals surface area contributed by atoms with Crippen LogP contribution in [0.15, 0.2) is 17.6 Å². The molecule has 0 amide bonds. The molecule has 0 radical (unpaired) electrons. The van der Waals surface area contributed by atoms with E-state index in [1.165, 1.54) is 17.8 Å². The van der Waals surface area contributed by atoms with Crippen LogP contribution in [-0.2, 0) is 20.0 Å². The highest BCUT2D eigenvalue weighted by Gasteiger charge is 2.62. The van der Waals surface area contributed by atoms with E-state index in [0.717, 1.165) is 6.20 Å². The summed E-state index contributed by atoms with van der Waals surface area (Å²) in [6.07, 6.45) is -0.598. The van der Waals surface area contributed by atoms with E-state index in [2.05, 4.69) is 11.6 Å². The number of carbonyl (C=O) groups excluding carboxylic acids is 1. The highest BCUT2D eigenvalue weighted by atomic mass is 32.2. The number of hydrogen-bond acceptors (Lipinski definition) is 10. The summed E-state index contributed by atoms with van der Waals surface area (Å²) >= 11 is 1.44. The highest BCUT2D eigenvalue weighted by molar-refractivity contribution is 7.99. The Morgan fingerprint density at radius 1 is 1.63 bits per heavy atom. The molecular formula is C16H23N3O7S. The van der Waals surface area contributed by atoms with Gasteiger partial charge in [0.2, 0.25) is 0 Å². The smallest absolute Gasteiger partial charge is 0.363 e. The van der Waals surface area contributed by atoms with Gasteiger partial charge in [-0.25, -0.2) is 9.59 Å². The van der Waals surface area contributed by atoms with Gasteiger partial charge in [0, 0.05) is 17.0 Å². The molecule has 150 valence electrons. The van der Waals surface area contributed by atoms with Crippen molar-refractivity contribution in [3.63, 3.8) is 0 Å². The summed E-state index contributed by atoms with van der Waals surface area (Å²) in [7, 11) is 0. The first-order valence-electron chi connectivity index (χ1n) is 8.09. The Labute approximate surface area is 159 Å². The predicted octanol–water partition coefficient (Wildman–Crippen LogP) is -1.47. The van der Waals surface area contributed by atoms with Gasteiger partial charge in [0.15, 0.2) is 0 Å². The molecule has 0 aromatic carbocycles. The van der Waals surface area contributed by atoms with Gasteiger partial charge in [-0.1, -0.05) is 19.6 Å². The second-order valence-corrected chi connectivity index (χ2v) is 7.33. The van der Waals surface area contributed by atoms with Crippen LogP contribution in [0.3, 0.4) is 0 Å². The van der Waals surface area contributed by atoms with E-state index in [4.69, 9.17) is 15.2 Å². The fourth-order valence-electron chi connectivity index (χ4n) is 2.66. The minimum Gasteiger partial charge on any atom is -0.461 e. The molecule has 1 aliphatic rings. The molecule has 27 heavy (non-hydrogen) atoms. The van der Waals surface area contributed by atoms with Crippen molar-refractivity contribution in [2.45, 2.75) is 36.2 Å². The molecule has 5 atom stereocenters. The van der Waals surface area contributed by atoms with E-state index in [9.17, 15) is 24.9 Å². The SMILES string of the molecule is C=Cc1cn([C@]2(C(=O)OCC(C)SC)O[C@H](CO)[C@@H](O)[C@H]2O)c(=O)nc1N. The van der Waals surface area contributed by atoms with Crippen LogP contribution < -0.4 is 11.4 Å². The first-order valence-corrected chi connectivity index (χ1v) is 9.38. The number of aliphatic hydroxyl groups is 3. The van der Waals surface area contributed by atoms with Crippen LogP contribution in [0.1, 0.15) is 12.5 Å². The molecule has 0 bridgehead atoms. The maximum absolute atomic E-state index is 12.9. The average molecular weight is 401 g/mol. The number of nitrogens with two attached hydrogens (primary N) is 1. The number of carbonyl (C=O) groups is 1. The summed E-state index contributed by atoms with van der Waals surface area (Å²) in [4.78, 5) is 28.9. The van der Waals surface area contributed by atoms with Crippen molar-refractivity contribution in [3.05, 3.63) is 28.8 Å². The van der Waals surface area contributed by atoms with Crippen LogP contribution in [0.2, 0.25) is 0 Å². The molecule has 5 N–H and O–H groups in total. The highest BCUT2D eigenvalue weighted by Crippen LogP contribution is 2.36. The molecule has 2 rings (SSSR count). The summed E-state index contributed by atoms with van der Waals surface area (Å²) in [6, 6.07) is 0. The van der Waals surface area contributed by atoms with Crippen LogP contribution in [0.4, 0.5) is 5.82 Å². The van der Waals surface area contributed by atoms with Gasteiger partial charge in [-0.05, 0) is 6.26 Å². The Bertz CT molecular complexity index is 771. The Kier molecular flexibility index (Phi) is 6.65. The van der Waals surface area contributed by atoms with Crippen LogP contribution in [0.5, 0.6) is 0 Å². The van der Waals surface area contributed by atoms with E-state index in [1.807, 2.05) is 13.2 Å². The summed E-state index contributed by atoms with van der Waals surface area (Å²) in [5.41, 5.74) is 2.42. The van der Waals surface area contributed by atoms with Gasteiger partial charge in [0.05, 0.1) is 6.61 Å². The second-order valence-electron chi connectivity index (χ2n) is 6.05. The molecule has 1 aromatic heterocycles. The number of aliphatic hydroxyl groups excluding tert-OH is 3. The molecule has 1 aliphatic heterocycles. The number of nitrogen functional groups attached to an aromatic ring is 1. The third-order valence-electron chi connectivity index (χ3n) is 4.32. The van der Waals surface area contributed by atoms with Crippen LogP contribution in [-0.4, -0.2) is 73.9 Å². The first kappa shape index (κ1) is 21.4. The standard InChI is InChI=1S/C16H23N3O7S/c1-4-9-5-19(15(24)18-13(9)17)16(14(23)25-7-8(2)27-3)12(22)11(21)10(6-20)26-16/h4-5,8,10-12,20-22H,1,6-7H2,2-3H3,(H2,17,18,24)/t8?,10-,11-,12-,16+/m1/s1. The van der Waals surface area contributed by atoms with E-state index in [-0.39, 0.29) is 23.2 Å². The lowest BCUT2D eigenvalue weighted by atomic mass is 10.0. The second kappa shape index (κ2) is 8.40. The quantitative estimate of drug-likeness (QED) is 0.398. The molecule has 0 aliphatic carbocycles. The Balaban J connectivity index is 2.60. The van der Waals surface area contributed by atoms with Crippen LogP contribution >= 0.6 is 11.8 Å². The number of ether oxygens (including phenoxy) is 2. The van der Waals surface area contributed by atoms with Crippen molar-refractivity contribution in [1.29, 1.82) is 0 Å². The Hall–Kier alpha value is -1.92. The lowest BCUT2D eigenvalue weighted by Crippen LogP contribution is -2.57. The normalized spacial score (nSPS) is 28.7. The number of nitrogens with zero attached hydrogens (tertiary/aromatic N) is 2. The lowest BCUT2D eigenvalue weighted by molar-refractivity contribution is -0.202. The number of rotatable bonds is 7. The first-order chi connectivity index (χ1) is 12.7. The van der Waals surface area contributed by atoms with Gasteiger partial charge in [-0.15, -0.1) is 0 Å². The van der Waals surface area contributed by atoms with Crippen molar-refractivity contribution in [1.82, 2.24) is 9.55 Å².